The summed E-state index contributed by atoms with van der Waals surface area (Å²) in [6.07, 6.45) is 45.7. The Morgan fingerprint density at radius 3 is 2.17 bits per heavy atom. The smallest absolute Gasteiger partial charge is 0.144 e. The summed E-state index contributed by atoms with van der Waals surface area (Å²) in [5, 5.41) is 17.7. The standard InChI is InChI=1S/C61H60N4/c62-57(47-21-9-3-10-22-47)56(45-19-7-2-8-20-45)60-52-26-14-13-25-51(52)55(59(64-60)48-23-11-4-12-24-48)46-35-39-50(40-36-46)61-63-54-28-16-15-27-53(54)58(65-61)49-37-33-44(34-38-49)43-31-29-42(30-32-43)41-17-5-1-6-18-41/h2-4,7,9-15,17,19,21-23,25-27,29,31,33,35-36,39-40,48-49,61-64H,1,5-6,8,16,18,20,24,28,30,32,34,37-38H2/b60-56-,62-57?. The first-order chi connectivity index (χ1) is 32.2. The van der Waals surface area contributed by atoms with E-state index in [1.165, 1.54) is 89.0 Å². The highest BCUT2D eigenvalue weighted by Crippen LogP contribution is 2.44. The van der Waals surface area contributed by atoms with E-state index in [0.29, 0.717) is 11.6 Å². The van der Waals surface area contributed by atoms with Crippen molar-refractivity contribution in [1.29, 1.82) is 5.41 Å². The maximum absolute atomic E-state index is 9.73. The lowest BCUT2D eigenvalue weighted by molar-refractivity contribution is 0.551. The molecule has 0 saturated heterocycles. The number of rotatable bonds is 9. The van der Waals surface area contributed by atoms with Crippen LogP contribution in [0.15, 0.2) is 213 Å². The van der Waals surface area contributed by atoms with Crippen molar-refractivity contribution in [3.05, 3.63) is 236 Å². The first-order valence-corrected chi connectivity index (χ1v) is 24.5. The van der Waals surface area contributed by atoms with E-state index >= 15 is 0 Å². The second kappa shape index (κ2) is 18.5. The van der Waals surface area contributed by atoms with Crippen LogP contribution in [-0.2, 0) is 0 Å². The lowest BCUT2D eigenvalue weighted by Gasteiger charge is -2.34. The molecular formula is C61H60N4. The van der Waals surface area contributed by atoms with Crippen LogP contribution in [0.4, 0.5) is 0 Å². The number of allylic oxidation sites excluding steroid dienone is 21. The molecule has 4 heteroatoms. The van der Waals surface area contributed by atoms with Crippen molar-refractivity contribution in [3.63, 3.8) is 0 Å². The fourth-order valence-corrected chi connectivity index (χ4v) is 11.4. The van der Waals surface area contributed by atoms with Crippen LogP contribution < -0.4 is 10.6 Å². The van der Waals surface area contributed by atoms with Gasteiger partial charge in [-0.1, -0.05) is 158 Å². The molecule has 0 radical (unpaired) electrons. The number of hydrogen-bond donors (Lipinski definition) is 3. The maximum Gasteiger partial charge on any atom is 0.144 e. The van der Waals surface area contributed by atoms with E-state index in [-0.39, 0.29) is 12.1 Å². The molecule has 324 valence electrons. The Kier molecular flexibility index (Phi) is 11.7. The minimum atomic E-state index is -0.121. The summed E-state index contributed by atoms with van der Waals surface area (Å²) in [6.45, 7) is 0. The average molecular weight is 849 g/mol. The summed E-state index contributed by atoms with van der Waals surface area (Å²) in [5.74, 6) is 0.582. The van der Waals surface area contributed by atoms with Crippen LogP contribution in [0.2, 0.25) is 0 Å². The van der Waals surface area contributed by atoms with Gasteiger partial charge in [-0.15, -0.1) is 0 Å². The van der Waals surface area contributed by atoms with Crippen LogP contribution in [0, 0.1) is 17.2 Å². The quantitative estimate of drug-likeness (QED) is 0.188. The molecule has 3 atom stereocenters. The van der Waals surface area contributed by atoms with Crippen molar-refractivity contribution in [1.82, 2.24) is 10.6 Å². The van der Waals surface area contributed by atoms with Crippen molar-refractivity contribution in [3.8, 4) is 0 Å². The normalized spacial score (nSPS) is 24.6. The van der Waals surface area contributed by atoms with Gasteiger partial charge in [-0.25, -0.2) is 0 Å². The number of hydrogen-bond acceptors (Lipinski definition) is 4. The molecule has 0 amide bonds. The summed E-state index contributed by atoms with van der Waals surface area (Å²) >= 11 is 0. The molecular weight excluding hydrogens is 789 g/mol. The van der Waals surface area contributed by atoms with E-state index in [0.717, 1.165) is 73.8 Å². The van der Waals surface area contributed by atoms with Gasteiger partial charge >= 0.3 is 0 Å². The summed E-state index contributed by atoms with van der Waals surface area (Å²) in [5.41, 5.74) is 22.0. The second-order valence-electron chi connectivity index (χ2n) is 18.8. The van der Waals surface area contributed by atoms with E-state index in [4.69, 9.17) is 4.99 Å². The molecule has 3 N–H and O–H groups in total. The summed E-state index contributed by atoms with van der Waals surface area (Å²) in [7, 11) is 0. The minimum absolute atomic E-state index is 0.121. The predicted molar refractivity (Wildman–Crippen MR) is 271 cm³/mol. The van der Waals surface area contributed by atoms with Crippen LogP contribution in [0.5, 0.6) is 0 Å². The van der Waals surface area contributed by atoms with Crippen molar-refractivity contribution in [2.45, 2.75) is 96.1 Å². The molecule has 3 aromatic carbocycles. The molecule has 0 saturated carbocycles. The Morgan fingerprint density at radius 1 is 0.646 bits per heavy atom. The number of nitrogens with zero attached hydrogens (tertiary/aromatic N) is 1. The van der Waals surface area contributed by atoms with Crippen LogP contribution in [0.25, 0.3) is 11.3 Å². The third-order valence-corrected chi connectivity index (χ3v) is 14.8. The fraction of sp³-hybridized carbons (Fsp3) is 0.279. The summed E-state index contributed by atoms with van der Waals surface area (Å²) < 4.78 is 0. The SMILES string of the molecule is N=C(/C(C1=CC=CCC1)=C1\NC(C2C=CC=CC2)=C(c2ccc(C3N=C(C4CC=C(C5=CC=C(C6=CCCCC6)CC5)CC4)C4=C(CCC=C4)N3)cc2)c2ccccc21)c1ccccc1. The van der Waals surface area contributed by atoms with Gasteiger partial charge in [0.05, 0.1) is 17.1 Å². The molecule has 0 fully saturated rings. The lowest BCUT2D eigenvalue weighted by atomic mass is 9.78. The second-order valence-corrected chi connectivity index (χ2v) is 18.8. The average Bonchev–Trinajstić information content (AvgIpc) is 3.39. The van der Waals surface area contributed by atoms with Gasteiger partial charge in [0, 0.05) is 51.1 Å². The van der Waals surface area contributed by atoms with Gasteiger partial charge in [-0.3, -0.25) is 10.4 Å². The first-order valence-electron chi connectivity index (χ1n) is 24.5. The van der Waals surface area contributed by atoms with Crippen molar-refractivity contribution < 1.29 is 0 Å². The first kappa shape index (κ1) is 41.2. The van der Waals surface area contributed by atoms with E-state index in [1.807, 2.05) is 18.2 Å². The Balaban J connectivity index is 0.922. The van der Waals surface area contributed by atoms with Crippen molar-refractivity contribution >= 4 is 22.7 Å². The molecule has 11 rings (SSSR count). The Labute approximate surface area is 386 Å². The minimum Gasteiger partial charge on any atom is -0.363 e. The van der Waals surface area contributed by atoms with E-state index < -0.39 is 0 Å². The van der Waals surface area contributed by atoms with Crippen molar-refractivity contribution in [2.24, 2.45) is 16.8 Å². The molecule has 3 unspecified atom stereocenters. The highest BCUT2D eigenvalue weighted by atomic mass is 15.1. The van der Waals surface area contributed by atoms with Crippen LogP contribution >= 0.6 is 0 Å². The fourth-order valence-electron chi connectivity index (χ4n) is 11.4. The number of fused-ring (bicyclic) bond motifs is 1. The lowest BCUT2D eigenvalue weighted by Crippen LogP contribution is -2.33. The van der Waals surface area contributed by atoms with Gasteiger partial charge in [-0.05, 0) is 134 Å². The van der Waals surface area contributed by atoms with E-state index in [2.05, 4.69) is 150 Å². The zero-order valence-corrected chi connectivity index (χ0v) is 37.6. The molecule has 0 spiro atoms. The highest BCUT2D eigenvalue weighted by molar-refractivity contribution is 6.18. The molecule has 0 aromatic heterocycles. The van der Waals surface area contributed by atoms with Crippen LogP contribution in [-0.4, -0.2) is 11.4 Å². The Bertz CT molecular complexity index is 2820. The highest BCUT2D eigenvalue weighted by Gasteiger charge is 2.33. The summed E-state index contributed by atoms with van der Waals surface area (Å²) in [4.78, 5) is 5.60. The molecule has 2 aliphatic heterocycles. The maximum atomic E-state index is 9.73. The van der Waals surface area contributed by atoms with E-state index in [1.54, 1.807) is 22.3 Å². The van der Waals surface area contributed by atoms with Gasteiger partial charge in [0.1, 0.15) is 6.17 Å². The van der Waals surface area contributed by atoms with Crippen molar-refractivity contribution in [2.75, 3.05) is 0 Å². The summed E-state index contributed by atoms with van der Waals surface area (Å²) in [6, 6.07) is 28.3. The molecule has 8 aliphatic rings. The van der Waals surface area contributed by atoms with Gasteiger partial charge in [0.25, 0.3) is 0 Å². The third-order valence-electron chi connectivity index (χ3n) is 14.8. The number of aliphatic imine (C=N–C) groups is 1. The third kappa shape index (κ3) is 8.36. The number of nitrogens with one attached hydrogen (secondary N) is 3. The zero-order chi connectivity index (χ0) is 43.5. The van der Waals surface area contributed by atoms with Gasteiger partial charge in [-0.2, -0.15) is 0 Å². The molecule has 3 aromatic rings. The molecule has 4 nitrogen and oxygen atoms in total. The molecule has 2 heterocycles. The molecule has 6 aliphatic carbocycles. The molecule has 65 heavy (non-hydrogen) atoms. The van der Waals surface area contributed by atoms with Gasteiger partial charge in [0.15, 0.2) is 0 Å². The largest absolute Gasteiger partial charge is 0.363 e. The van der Waals surface area contributed by atoms with Crippen LogP contribution in [0.1, 0.15) is 124 Å². The number of benzene rings is 3. The zero-order valence-electron chi connectivity index (χ0n) is 37.6. The van der Waals surface area contributed by atoms with E-state index in [9.17, 15) is 5.41 Å². The van der Waals surface area contributed by atoms with Crippen LogP contribution in [0.3, 0.4) is 0 Å². The predicted octanol–water partition coefficient (Wildman–Crippen LogP) is 14.8. The van der Waals surface area contributed by atoms with Gasteiger partial charge in [0.2, 0.25) is 0 Å². The monoisotopic (exact) mass is 848 g/mol. The topological polar surface area (TPSA) is 60.3 Å². The molecule has 0 bridgehead atoms. The Morgan fingerprint density at radius 2 is 1.45 bits per heavy atom. The van der Waals surface area contributed by atoms with Gasteiger partial charge < -0.3 is 10.6 Å². The Hall–Kier alpha value is -6.52.